The number of nitrogens with two attached hydrogens (primary N) is 1. The maximum absolute atomic E-state index is 13.9. The normalized spacial score (nSPS) is 21.4. The van der Waals surface area contributed by atoms with Gasteiger partial charge in [-0.15, -0.1) is 0 Å². The Kier molecular flexibility index (Phi) is 5.49. The Morgan fingerprint density at radius 3 is 2.86 bits per heavy atom. The van der Waals surface area contributed by atoms with Gasteiger partial charge in [0.2, 0.25) is 11.8 Å². The topological polar surface area (TPSA) is 81.4 Å². The van der Waals surface area contributed by atoms with Gasteiger partial charge in [0.05, 0.1) is 11.8 Å². The summed E-state index contributed by atoms with van der Waals surface area (Å²) < 4.78 is 19.5. The number of nitrogens with one attached hydrogen (secondary N) is 1. The van der Waals surface area contributed by atoms with Crippen LogP contribution >= 0.6 is 0 Å². The maximum Gasteiger partial charge on any atom is 0.248 e. The van der Waals surface area contributed by atoms with Crippen LogP contribution in [0.2, 0.25) is 0 Å². The molecule has 22 heavy (non-hydrogen) atoms. The molecule has 0 bridgehead atoms. The van der Waals surface area contributed by atoms with Crippen LogP contribution in [0.3, 0.4) is 0 Å². The van der Waals surface area contributed by atoms with E-state index in [9.17, 15) is 14.0 Å². The molecule has 6 heteroatoms. The second-order valence-electron chi connectivity index (χ2n) is 5.55. The average molecular weight is 308 g/mol. The number of hydrogen-bond donors (Lipinski definition) is 2. The minimum atomic E-state index is -0.705. The molecule has 120 valence electrons. The summed E-state index contributed by atoms with van der Waals surface area (Å²) in [5.41, 5.74) is 5.22. The highest BCUT2D eigenvalue weighted by molar-refractivity contribution is 5.95. The van der Waals surface area contributed by atoms with Crippen molar-refractivity contribution in [3.8, 4) is 0 Å². The quantitative estimate of drug-likeness (QED) is 0.876. The maximum atomic E-state index is 13.9. The lowest BCUT2D eigenvalue weighted by Gasteiger charge is -2.28. The van der Waals surface area contributed by atoms with Gasteiger partial charge >= 0.3 is 0 Å². The Bertz CT molecular complexity index is 560. The van der Waals surface area contributed by atoms with E-state index in [-0.39, 0.29) is 29.2 Å². The molecule has 2 atom stereocenters. The second-order valence-corrected chi connectivity index (χ2v) is 5.55. The third-order valence-corrected chi connectivity index (χ3v) is 3.86. The minimum absolute atomic E-state index is 0.0635. The lowest BCUT2D eigenvalue weighted by Crippen LogP contribution is -2.33. The molecule has 2 amide bonds. The highest BCUT2D eigenvalue weighted by Gasteiger charge is 2.27. The SMILES string of the molecule is CCCC1CC(C(=O)Nc2ccc(C(N)=O)cc2F)CCO1. The lowest BCUT2D eigenvalue weighted by molar-refractivity contribution is -0.125. The van der Waals surface area contributed by atoms with E-state index in [0.717, 1.165) is 18.9 Å². The van der Waals surface area contributed by atoms with Crippen LogP contribution in [-0.4, -0.2) is 24.5 Å². The number of carbonyl (C=O) groups is 2. The van der Waals surface area contributed by atoms with Crippen LogP contribution in [0.25, 0.3) is 0 Å². The predicted octanol–water partition coefficient (Wildman–Crippen LogP) is 2.46. The fourth-order valence-electron chi connectivity index (χ4n) is 2.65. The minimum Gasteiger partial charge on any atom is -0.378 e. The predicted molar refractivity (Wildman–Crippen MR) is 80.9 cm³/mol. The standard InChI is InChI=1S/C16H21FN2O3/c1-2-3-12-8-11(6-7-22-12)16(21)19-14-5-4-10(15(18)20)9-13(14)17/h4-5,9,11-12H,2-3,6-8H2,1H3,(H2,18,20)(H,19,21). The first-order valence-electron chi connectivity index (χ1n) is 7.53. The van der Waals surface area contributed by atoms with E-state index in [1.807, 2.05) is 0 Å². The summed E-state index contributed by atoms with van der Waals surface area (Å²) in [7, 11) is 0. The zero-order valence-electron chi connectivity index (χ0n) is 12.6. The lowest BCUT2D eigenvalue weighted by atomic mass is 9.92. The molecule has 0 radical (unpaired) electrons. The molecular formula is C16H21FN2O3. The molecule has 0 aliphatic carbocycles. The van der Waals surface area contributed by atoms with Crippen molar-refractivity contribution in [3.63, 3.8) is 0 Å². The molecule has 1 aliphatic heterocycles. The van der Waals surface area contributed by atoms with E-state index in [2.05, 4.69) is 12.2 Å². The van der Waals surface area contributed by atoms with E-state index in [4.69, 9.17) is 10.5 Å². The molecule has 1 aromatic carbocycles. The second kappa shape index (κ2) is 7.35. The van der Waals surface area contributed by atoms with Gasteiger partial charge in [-0.25, -0.2) is 4.39 Å². The van der Waals surface area contributed by atoms with Crippen LogP contribution in [0.15, 0.2) is 18.2 Å². The van der Waals surface area contributed by atoms with Gasteiger partial charge in [0.25, 0.3) is 0 Å². The smallest absolute Gasteiger partial charge is 0.248 e. The molecule has 5 nitrogen and oxygen atoms in total. The van der Waals surface area contributed by atoms with Crippen molar-refractivity contribution in [2.24, 2.45) is 11.7 Å². The number of rotatable bonds is 5. The molecule has 3 N–H and O–H groups in total. The zero-order valence-corrected chi connectivity index (χ0v) is 12.6. The summed E-state index contributed by atoms with van der Waals surface area (Å²) in [6.45, 7) is 2.62. The van der Waals surface area contributed by atoms with Gasteiger partial charge in [-0.3, -0.25) is 9.59 Å². The van der Waals surface area contributed by atoms with Crippen LogP contribution in [0.5, 0.6) is 0 Å². The van der Waals surface area contributed by atoms with Crippen LogP contribution in [0, 0.1) is 11.7 Å². The molecular weight excluding hydrogens is 287 g/mol. The van der Waals surface area contributed by atoms with Gasteiger partial charge in [0, 0.05) is 18.1 Å². The Morgan fingerprint density at radius 1 is 1.45 bits per heavy atom. The zero-order chi connectivity index (χ0) is 16.1. The summed E-state index contributed by atoms with van der Waals surface area (Å²) in [6, 6.07) is 3.78. The first kappa shape index (κ1) is 16.4. The summed E-state index contributed by atoms with van der Waals surface area (Å²) in [5, 5.41) is 2.59. The summed E-state index contributed by atoms with van der Waals surface area (Å²) in [5.74, 6) is -1.76. The molecule has 1 fully saturated rings. The Labute approximate surface area is 129 Å². The first-order chi connectivity index (χ1) is 10.5. The number of benzene rings is 1. The monoisotopic (exact) mass is 308 g/mol. The molecule has 1 aromatic rings. The third-order valence-electron chi connectivity index (χ3n) is 3.86. The highest BCUT2D eigenvalue weighted by atomic mass is 19.1. The summed E-state index contributed by atoms with van der Waals surface area (Å²) >= 11 is 0. The van der Waals surface area contributed by atoms with Crippen molar-refractivity contribution in [1.82, 2.24) is 0 Å². The van der Waals surface area contributed by atoms with Crippen molar-refractivity contribution in [2.75, 3.05) is 11.9 Å². The van der Waals surface area contributed by atoms with Crippen LogP contribution in [-0.2, 0) is 9.53 Å². The number of carbonyl (C=O) groups excluding carboxylic acids is 2. The van der Waals surface area contributed by atoms with Crippen molar-refractivity contribution in [2.45, 2.75) is 38.7 Å². The Hall–Kier alpha value is -1.95. The fourth-order valence-corrected chi connectivity index (χ4v) is 2.65. The fraction of sp³-hybridized carbons (Fsp3) is 0.500. The van der Waals surface area contributed by atoms with Crippen LogP contribution in [0.1, 0.15) is 43.0 Å². The van der Waals surface area contributed by atoms with Crippen molar-refractivity contribution < 1.29 is 18.7 Å². The van der Waals surface area contributed by atoms with Crippen molar-refractivity contribution in [3.05, 3.63) is 29.6 Å². The number of anilines is 1. The van der Waals surface area contributed by atoms with Crippen molar-refractivity contribution >= 4 is 17.5 Å². The molecule has 2 unspecified atom stereocenters. The number of amides is 2. The number of halogens is 1. The molecule has 1 heterocycles. The van der Waals surface area contributed by atoms with Gasteiger partial charge in [-0.2, -0.15) is 0 Å². The van der Waals surface area contributed by atoms with Gasteiger partial charge in [0.15, 0.2) is 0 Å². The molecule has 1 aliphatic rings. The summed E-state index contributed by atoms with van der Waals surface area (Å²) in [6.07, 6.45) is 3.30. The first-order valence-corrected chi connectivity index (χ1v) is 7.53. The third kappa shape index (κ3) is 4.04. The Balaban J connectivity index is 2.01. The number of ether oxygens (including phenoxy) is 1. The summed E-state index contributed by atoms with van der Waals surface area (Å²) in [4.78, 5) is 23.2. The highest BCUT2D eigenvalue weighted by Crippen LogP contribution is 2.25. The van der Waals surface area contributed by atoms with Gasteiger partial charge in [-0.05, 0) is 37.5 Å². The molecule has 0 spiro atoms. The molecule has 2 rings (SSSR count). The van der Waals surface area contributed by atoms with Gasteiger partial charge < -0.3 is 15.8 Å². The molecule has 0 saturated carbocycles. The van der Waals surface area contributed by atoms with Gasteiger partial charge in [-0.1, -0.05) is 13.3 Å². The van der Waals surface area contributed by atoms with E-state index >= 15 is 0 Å². The molecule has 1 saturated heterocycles. The Morgan fingerprint density at radius 2 is 2.23 bits per heavy atom. The van der Waals surface area contributed by atoms with E-state index in [0.29, 0.717) is 19.4 Å². The van der Waals surface area contributed by atoms with Crippen LogP contribution in [0.4, 0.5) is 10.1 Å². The van der Waals surface area contributed by atoms with E-state index in [1.165, 1.54) is 12.1 Å². The average Bonchev–Trinajstić information content (AvgIpc) is 2.49. The van der Waals surface area contributed by atoms with Gasteiger partial charge in [0.1, 0.15) is 5.82 Å². The van der Waals surface area contributed by atoms with Crippen molar-refractivity contribution in [1.29, 1.82) is 0 Å². The van der Waals surface area contributed by atoms with Crippen LogP contribution < -0.4 is 11.1 Å². The number of primary amides is 1. The largest absolute Gasteiger partial charge is 0.378 e. The van der Waals surface area contributed by atoms with E-state index < -0.39 is 11.7 Å². The van der Waals surface area contributed by atoms with E-state index in [1.54, 1.807) is 0 Å². The molecule has 0 aromatic heterocycles. The number of hydrogen-bond acceptors (Lipinski definition) is 3.